The van der Waals surface area contributed by atoms with Gasteiger partial charge in [0.15, 0.2) is 5.82 Å². The summed E-state index contributed by atoms with van der Waals surface area (Å²) in [5.41, 5.74) is 0.563. The highest BCUT2D eigenvalue weighted by molar-refractivity contribution is 5.91. The zero-order chi connectivity index (χ0) is 11.4. The Bertz CT molecular complexity index is 365. The van der Waals surface area contributed by atoms with E-state index in [1.807, 2.05) is 14.1 Å². The van der Waals surface area contributed by atoms with Gasteiger partial charge in [0, 0.05) is 21.0 Å². The summed E-state index contributed by atoms with van der Waals surface area (Å²) in [6.45, 7) is 1.43. The zero-order valence-electron chi connectivity index (χ0n) is 9.24. The third kappa shape index (κ3) is 2.80. The van der Waals surface area contributed by atoms with Crippen molar-refractivity contribution in [2.24, 2.45) is 0 Å². The normalized spacial score (nSPS) is 9.60. The second-order valence-corrected chi connectivity index (χ2v) is 3.17. The summed E-state index contributed by atoms with van der Waals surface area (Å²) in [7, 11) is 5.15. The maximum Gasteiger partial charge on any atom is 0.318 e. The molecule has 0 spiro atoms. The lowest BCUT2D eigenvalue weighted by Gasteiger charge is -2.16. The molecule has 0 saturated heterocycles. The molecule has 0 atom stereocenters. The van der Waals surface area contributed by atoms with Crippen molar-refractivity contribution in [3.8, 4) is 6.01 Å². The van der Waals surface area contributed by atoms with Crippen molar-refractivity contribution >= 4 is 17.4 Å². The van der Waals surface area contributed by atoms with Crippen LogP contribution >= 0.6 is 0 Å². The third-order valence-electron chi connectivity index (χ3n) is 1.66. The Balaban J connectivity index is 3.09. The average molecular weight is 210 g/mol. The highest BCUT2D eigenvalue weighted by Crippen LogP contribution is 2.22. The third-order valence-corrected chi connectivity index (χ3v) is 1.66. The number of hydrogen-bond donors (Lipinski definition) is 1. The van der Waals surface area contributed by atoms with Gasteiger partial charge < -0.3 is 15.0 Å². The van der Waals surface area contributed by atoms with Crippen LogP contribution in [-0.2, 0) is 4.79 Å². The number of ether oxygens (including phenoxy) is 1. The molecule has 0 bridgehead atoms. The first-order chi connectivity index (χ1) is 7.04. The summed E-state index contributed by atoms with van der Waals surface area (Å²) < 4.78 is 4.90. The molecule has 6 heteroatoms. The molecule has 6 nitrogen and oxygen atoms in total. The molecule has 1 heterocycles. The molecule has 0 unspecified atom stereocenters. The van der Waals surface area contributed by atoms with E-state index in [2.05, 4.69) is 15.3 Å². The molecule has 15 heavy (non-hydrogen) atoms. The summed E-state index contributed by atoms with van der Waals surface area (Å²) in [6.07, 6.45) is 1.52. The molecule has 0 radical (unpaired) electrons. The highest BCUT2D eigenvalue weighted by atomic mass is 16.5. The quantitative estimate of drug-likeness (QED) is 0.787. The molecule has 0 aliphatic heterocycles. The Morgan fingerprint density at radius 3 is 2.67 bits per heavy atom. The molecule has 0 aliphatic rings. The monoisotopic (exact) mass is 210 g/mol. The first-order valence-electron chi connectivity index (χ1n) is 4.40. The largest absolute Gasteiger partial charge is 0.467 e. The van der Waals surface area contributed by atoms with E-state index in [1.165, 1.54) is 20.2 Å². The van der Waals surface area contributed by atoms with Crippen LogP contribution in [0.3, 0.4) is 0 Å². The lowest BCUT2D eigenvalue weighted by atomic mass is 10.4. The standard InChI is InChI=1S/C9H14N4O2/c1-6(14)11-7-5-10-9(15-4)12-8(7)13(2)3/h5H,1-4H3,(H,11,14). The lowest BCUT2D eigenvalue weighted by Crippen LogP contribution is -2.16. The molecule has 1 N–H and O–H groups in total. The van der Waals surface area contributed by atoms with Crippen molar-refractivity contribution < 1.29 is 9.53 Å². The molecule has 1 aromatic heterocycles. The Morgan fingerprint density at radius 2 is 2.20 bits per heavy atom. The maximum atomic E-state index is 10.9. The predicted molar refractivity (Wildman–Crippen MR) is 57.2 cm³/mol. The molecule has 82 valence electrons. The van der Waals surface area contributed by atoms with E-state index in [9.17, 15) is 4.79 Å². The number of nitrogens with one attached hydrogen (secondary N) is 1. The number of hydrogen-bond acceptors (Lipinski definition) is 5. The van der Waals surface area contributed by atoms with Gasteiger partial charge in [0.2, 0.25) is 5.91 Å². The molecular formula is C9H14N4O2. The second-order valence-electron chi connectivity index (χ2n) is 3.17. The van der Waals surface area contributed by atoms with E-state index in [0.29, 0.717) is 11.5 Å². The molecule has 0 saturated carbocycles. The SMILES string of the molecule is COc1ncc(NC(C)=O)c(N(C)C)n1. The molecule has 0 aromatic carbocycles. The van der Waals surface area contributed by atoms with E-state index < -0.39 is 0 Å². The molecule has 0 aliphatic carbocycles. The number of aromatic nitrogens is 2. The number of anilines is 2. The highest BCUT2D eigenvalue weighted by Gasteiger charge is 2.10. The number of carbonyl (C=O) groups excluding carboxylic acids is 1. The number of methoxy groups -OCH3 is 1. The van der Waals surface area contributed by atoms with Crippen LogP contribution in [0.1, 0.15) is 6.92 Å². The van der Waals surface area contributed by atoms with Gasteiger partial charge in [0.05, 0.1) is 13.3 Å². The van der Waals surface area contributed by atoms with Gasteiger partial charge in [-0.05, 0) is 0 Å². The van der Waals surface area contributed by atoms with Crippen LogP contribution in [0.5, 0.6) is 6.01 Å². The van der Waals surface area contributed by atoms with Gasteiger partial charge in [0.1, 0.15) is 5.69 Å². The fourth-order valence-corrected chi connectivity index (χ4v) is 1.07. The van der Waals surface area contributed by atoms with Crippen molar-refractivity contribution in [3.63, 3.8) is 0 Å². The molecule has 1 rings (SSSR count). The minimum absolute atomic E-state index is 0.160. The van der Waals surface area contributed by atoms with E-state index in [1.54, 1.807) is 4.90 Å². The number of carbonyl (C=O) groups is 1. The first-order valence-corrected chi connectivity index (χ1v) is 4.40. The number of nitrogens with zero attached hydrogens (tertiary/aromatic N) is 3. The van der Waals surface area contributed by atoms with E-state index in [4.69, 9.17) is 4.74 Å². The van der Waals surface area contributed by atoms with E-state index in [-0.39, 0.29) is 11.9 Å². The predicted octanol–water partition coefficient (Wildman–Crippen LogP) is 0.510. The fraction of sp³-hybridized carbons (Fsp3) is 0.444. The van der Waals surface area contributed by atoms with Crippen molar-refractivity contribution in [3.05, 3.63) is 6.20 Å². The van der Waals surface area contributed by atoms with Crippen molar-refractivity contribution in [1.29, 1.82) is 0 Å². The van der Waals surface area contributed by atoms with Gasteiger partial charge in [-0.3, -0.25) is 4.79 Å². The summed E-state index contributed by atoms with van der Waals surface area (Å²) in [4.78, 5) is 20.7. The first kappa shape index (κ1) is 11.2. The van der Waals surface area contributed by atoms with Crippen LogP contribution in [0.25, 0.3) is 0 Å². The molecule has 0 fully saturated rings. The second kappa shape index (κ2) is 4.59. The Kier molecular flexibility index (Phi) is 3.43. The van der Waals surface area contributed by atoms with Gasteiger partial charge in [-0.25, -0.2) is 4.98 Å². The van der Waals surface area contributed by atoms with Crippen LogP contribution in [-0.4, -0.2) is 37.1 Å². The van der Waals surface area contributed by atoms with Gasteiger partial charge >= 0.3 is 6.01 Å². The van der Waals surface area contributed by atoms with Gasteiger partial charge in [-0.2, -0.15) is 4.98 Å². The van der Waals surface area contributed by atoms with Crippen LogP contribution < -0.4 is 15.0 Å². The van der Waals surface area contributed by atoms with Crippen LogP contribution in [0.15, 0.2) is 6.20 Å². The van der Waals surface area contributed by atoms with Gasteiger partial charge in [-0.15, -0.1) is 0 Å². The Labute approximate surface area is 88.3 Å². The molecular weight excluding hydrogens is 196 g/mol. The molecule has 1 aromatic rings. The number of amides is 1. The topological polar surface area (TPSA) is 67.3 Å². The summed E-state index contributed by atoms with van der Waals surface area (Å²) >= 11 is 0. The lowest BCUT2D eigenvalue weighted by molar-refractivity contribution is -0.114. The van der Waals surface area contributed by atoms with E-state index >= 15 is 0 Å². The van der Waals surface area contributed by atoms with Crippen molar-refractivity contribution in [2.75, 3.05) is 31.4 Å². The average Bonchev–Trinajstić information content (AvgIpc) is 2.17. The summed E-state index contributed by atoms with van der Waals surface area (Å²) in [5.74, 6) is 0.448. The number of rotatable bonds is 3. The summed E-state index contributed by atoms with van der Waals surface area (Å²) in [6, 6.07) is 0.271. The van der Waals surface area contributed by atoms with Gasteiger partial charge in [-0.1, -0.05) is 0 Å². The van der Waals surface area contributed by atoms with Crippen LogP contribution in [0.4, 0.5) is 11.5 Å². The smallest absolute Gasteiger partial charge is 0.318 e. The van der Waals surface area contributed by atoms with Crippen LogP contribution in [0.2, 0.25) is 0 Å². The minimum Gasteiger partial charge on any atom is -0.467 e. The Morgan fingerprint density at radius 1 is 1.53 bits per heavy atom. The van der Waals surface area contributed by atoms with Crippen molar-refractivity contribution in [1.82, 2.24) is 9.97 Å². The zero-order valence-corrected chi connectivity index (χ0v) is 9.24. The Hall–Kier alpha value is -1.85. The summed E-state index contributed by atoms with van der Waals surface area (Å²) in [5, 5.41) is 2.64. The van der Waals surface area contributed by atoms with E-state index in [0.717, 1.165) is 0 Å². The molecule has 1 amide bonds. The van der Waals surface area contributed by atoms with Crippen LogP contribution in [0, 0.1) is 0 Å². The van der Waals surface area contributed by atoms with Crippen molar-refractivity contribution in [2.45, 2.75) is 6.92 Å². The fourth-order valence-electron chi connectivity index (χ4n) is 1.07. The maximum absolute atomic E-state index is 10.9. The van der Waals surface area contributed by atoms with Gasteiger partial charge in [0.25, 0.3) is 0 Å². The minimum atomic E-state index is -0.160.